The Labute approximate surface area is 105 Å². The highest BCUT2D eigenvalue weighted by atomic mass is 127. The lowest BCUT2D eigenvalue weighted by atomic mass is 10.1. The number of carbonyl (C=O) groups is 1. The summed E-state index contributed by atoms with van der Waals surface area (Å²) in [6.45, 7) is 0. The molecule has 0 fully saturated rings. The van der Waals surface area contributed by atoms with Gasteiger partial charge < -0.3 is 9.72 Å². The number of esters is 1. The van der Waals surface area contributed by atoms with Gasteiger partial charge in [-0.05, 0) is 28.7 Å². The van der Waals surface area contributed by atoms with E-state index < -0.39 is 5.97 Å². The third-order valence-corrected chi connectivity index (χ3v) is 3.43. The van der Waals surface area contributed by atoms with Crippen molar-refractivity contribution in [3.63, 3.8) is 0 Å². The third kappa shape index (κ3) is 1.72. The normalized spacial score (nSPS) is 10.6. The van der Waals surface area contributed by atoms with Crippen LogP contribution in [0.2, 0.25) is 5.02 Å². The molecule has 0 saturated heterocycles. The standard InChI is InChI=1S/C10H7ClINO2/c1-15-10(14)6-3-2-5-7(12)4-13-9(5)8(6)11/h2-4,13H,1H3. The van der Waals surface area contributed by atoms with Crippen molar-refractivity contribution < 1.29 is 9.53 Å². The Morgan fingerprint density at radius 2 is 2.27 bits per heavy atom. The average molecular weight is 336 g/mol. The van der Waals surface area contributed by atoms with E-state index in [-0.39, 0.29) is 0 Å². The Morgan fingerprint density at radius 3 is 2.93 bits per heavy atom. The van der Waals surface area contributed by atoms with Gasteiger partial charge in [0, 0.05) is 15.2 Å². The molecule has 0 aliphatic carbocycles. The van der Waals surface area contributed by atoms with Crippen LogP contribution in [0, 0.1) is 3.57 Å². The zero-order chi connectivity index (χ0) is 11.0. The molecule has 0 radical (unpaired) electrons. The van der Waals surface area contributed by atoms with E-state index >= 15 is 0 Å². The SMILES string of the molecule is COC(=O)c1ccc2c(I)c[nH]c2c1Cl. The lowest BCUT2D eigenvalue weighted by molar-refractivity contribution is 0.0601. The van der Waals surface area contributed by atoms with Crippen LogP contribution in [0.15, 0.2) is 18.3 Å². The van der Waals surface area contributed by atoms with Gasteiger partial charge in [-0.3, -0.25) is 0 Å². The Kier molecular flexibility index (Phi) is 2.88. The highest BCUT2D eigenvalue weighted by molar-refractivity contribution is 14.1. The molecular formula is C10H7ClINO2. The quantitative estimate of drug-likeness (QED) is 0.642. The number of ether oxygens (including phenoxy) is 1. The monoisotopic (exact) mass is 335 g/mol. The highest BCUT2D eigenvalue weighted by Gasteiger charge is 2.14. The van der Waals surface area contributed by atoms with E-state index in [1.807, 2.05) is 12.3 Å². The third-order valence-electron chi connectivity index (χ3n) is 2.15. The van der Waals surface area contributed by atoms with Crippen LogP contribution in [-0.2, 0) is 4.74 Å². The maximum atomic E-state index is 11.4. The first kappa shape index (κ1) is 10.8. The molecule has 0 saturated carbocycles. The number of carbonyl (C=O) groups excluding carboxylic acids is 1. The predicted octanol–water partition coefficient (Wildman–Crippen LogP) is 3.21. The number of methoxy groups -OCH3 is 1. The number of aromatic nitrogens is 1. The van der Waals surface area contributed by atoms with Crippen molar-refractivity contribution >= 4 is 51.1 Å². The predicted molar refractivity (Wildman–Crippen MR) is 67.4 cm³/mol. The van der Waals surface area contributed by atoms with Gasteiger partial charge in [0.1, 0.15) is 0 Å². The summed E-state index contributed by atoms with van der Waals surface area (Å²) in [4.78, 5) is 14.4. The maximum Gasteiger partial charge on any atom is 0.339 e. The summed E-state index contributed by atoms with van der Waals surface area (Å²) in [6, 6.07) is 3.53. The van der Waals surface area contributed by atoms with Crippen molar-refractivity contribution in [1.82, 2.24) is 4.98 Å². The number of benzene rings is 1. The number of halogens is 2. The zero-order valence-corrected chi connectivity index (χ0v) is 10.7. The number of hydrogen-bond acceptors (Lipinski definition) is 2. The van der Waals surface area contributed by atoms with Crippen LogP contribution >= 0.6 is 34.2 Å². The molecule has 78 valence electrons. The Bertz CT molecular complexity index is 535. The van der Waals surface area contributed by atoms with Gasteiger partial charge in [0.25, 0.3) is 0 Å². The number of H-pyrrole nitrogens is 1. The van der Waals surface area contributed by atoms with Gasteiger partial charge in [0.05, 0.1) is 23.2 Å². The maximum absolute atomic E-state index is 11.4. The lowest BCUT2D eigenvalue weighted by Gasteiger charge is -2.02. The van der Waals surface area contributed by atoms with Gasteiger partial charge in [-0.25, -0.2) is 4.79 Å². The summed E-state index contributed by atoms with van der Waals surface area (Å²) in [6.07, 6.45) is 1.85. The summed E-state index contributed by atoms with van der Waals surface area (Å²) in [5.41, 5.74) is 1.15. The van der Waals surface area contributed by atoms with Crippen molar-refractivity contribution in [1.29, 1.82) is 0 Å². The summed E-state index contributed by atoms with van der Waals surface area (Å²) >= 11 is 8.30. The van der Waals surface area contributed by atoms with Crippen LogP contribution in [-0.4, -0.2) is 18.1 Å². The minimum atomic E-state index is -0.425. The minimum absolute atomic E-state index is 0.380. The van der Waals surface area contributed by atoms with Crippen LogP contribution in [0.25, 0.3) is 10.9 Å². The second-order valence-electron chi connectivity index (χ2n) is 2.98. The molecule has 2 rings (SSSR count). The molecule has 15 heavy (non-hydrogen) atoms. The molecule has 0 bridgehead atoms. The van der Waals surface area contributed by atoms with Crippen molar-refractivity contribution in [2.24, 2.45) is 0 Å². The molecule has 0 spiro atoms. The van der Waals surface area contributed by atoms with Crippen LogP contribution in [0.4, 0.5) is 0 Å². The highest BCUT2D eigenvalue weighted by Crippen LogP contribution is 2.29. The first-order valence-corrected chi connectivity index (χ1v) is 5.64. The van der Waals surface area contributed by atoms with Gasteiger partial charge >= 0.3 is 5.97 Å². The smallest absolute Gasteiger partial charge is 0.339 e. The van der Waals surface area contributed by atoms with Gasteiger partial charge in [-0.2, -0.15) is 0 Å². The molecule has 0 aliphatic heterocycles. The molecule has 2 aromatic rings. The molecule has 1 aromatic carbocycles. The molecule has 1 N–H and O–H groups in total. The van der Waals surface area contributed by atoms with Crippen molar-refractivity contribution in [3.8, 4) is 0 Å². The van der Waals surface area contributed by atoms with E-state index in [1.54, 1.807) is 6.07 Å². The minimum Gasteiger partial charge on any atom is -0.465 e. The van der Waals surface area contributed by atoms with Crippen LogP contribution in [0.3, 0.4) is 0 Å². The number of nitrogens with one attached hydrogen (secondary N) is 1. The van der Waals surface area contributed by atoms with Gasteiger partial charge in [-0.15, -0.1) is 0 Å². The summed E-state index contributed by atoms with van der Waals surface area (Å²) in [7, 11) is 1.33. The zero-order valence-electron chi connectivity index (χ0n) is 7.80. The van der Waals surface area contributed by atoms with Crippen molar-refractivity contribution in [2.75, 3.05) is 7.11 Å². The number of hydrogen-bond donors (Lipinski definition) is 1. The summed E-state index contributed by atoms with van der Waals surface area (Å²) in [5, 5.41) is 1.41. The second kappa shape index (κ2) is 4.02. The van der Waals surface area contributed by atoms with Crippen molar-refractivity contribution in [3.05, 3.63) is 32.5 Å². The van der Waals surface area contributed by atoms with E-state index in [0.717, 1.165) is 14.5 Å². The topological polar surface area (TPSA) is 42.1 Å². The molecule has 1 aromatic heterocycles. The molecule has 1 heterocycles. The first-order chi connectivity index (χ1) is 7.15. The van der Waals surface area contributed by atoms with Gasteiger partial charge in [0.2, 0.25) is 0 Å². The Hall–Kier alpha value is -0.750. The van der Waals surface area contributed by atoms with E-state index in [1.165, 1.54) is 7.11 Å². The fourth-order valence-corrected chi connectivity index (χ4v) is 2.30. The van der Waals surface area contributed by atoms with E-state index in [9.17, 15) is 4.79 Å². The van der Waals surface area contributed by atoms with Crippen LogP contribution in [0.5, 0.6) is 0 Å². The number of fused-ring (bicyclic) bond motifs is 1. The van der Waals surface area contributed by atoms with Gasteiger partial charge in [-0.1, -0.05) is 17.7 Å². The first-order valence-electron chi connectivity index (χ1n) is 4.18. The summed E-state index contributed by atoms with van der Waals surface area (Å²) < 4.78 is 5.70. The van der Waals surface area contributed by atoms with Crippen molar-refractivity contribution in [2.45, 2.75) is 0 Å². The fraction of sp³-hybridized carbons (Fsp3) is 0.100. The molecule has 0 atom stereocenters. The lowest BCUT2D eigenvalue weighted by Crippen LogP contribution is -2.01. The average Bonchev–Trinajstić information content (AvgIpc) is 2.61. The molecule has 5 heteroatoms. The molecule has 3 nitrogen and oxygen atoms in total. The largest absolute Gasteiger partial charge is 0.465 e. The van der Waals surface area contributed by atoms with Crippen LogP contribution in [0.1, 0.15) is 10.4 Å². The molecule has 0 amide bonds. The fourth-order valence-electron chi connectivity index (χ4n) is 1.40. The Balaban J connectivity index is 2.71. The van der Waals surface area contributed by atoms with E-state index in [0.29, 0.717) is 10.6 Å². The Morgan fingerprint density at radius 1 is 1.53 bits per heavy atom. The summed E-state index contributed by atoms with van der Waals surface area (Å²) in [5.74, 6) is -0.425. The molecular weight excluding hydrogens is 328 g/mol. The van der Waals surface area contributed by atoms with Crippen LogP contribution < -0.4 is 0 Å². The van der Waals surface area contributed by atoms with Gasteiger partial charge in [0.15, 0.2) is 0 Å². The van der Waals surface area contributed by atoms with E-state index in [4.69, 9.17) is 11.6 Å². The molecule has 0 aliphatic rings. The number of rotatable bonds is 1. The van der Waals surface area contributed by atoms with E-state index in [2.05, 4.69) is 32.3 Å². The number of aromatic amines is 1. The molecule has 0 unspecified atom stereocenters. The second-order valence-corrected chi connectivity index (χ2v) is 4.52.